The van der Waals surface area contributed by atoms with Gasteiger partial charge in [-0.25, -0.2) is 0 Å². The molecule has 0 heterocycles. The Morgan fingerprint density at radius 1 is 1.00 bits per heavy atom. The second kappa shape index (κ2) is 9.05. The van der Waals surface area contributed by atoms with E-state index in [0.29, 0.717) is 17.2 Å². The molecule has 0 bridgehead atoms. The maximum Gasteiger partial charge on any atom is 0.258 e. The van der Waals surface area contributed by atoms with Crippen LogP contribution in [0.15, 0.2) is 48.5 Å². The van der Waals surface area contributed by atoms with E-state index in [9.17, 15) is 4.79 Å². The molecule has 0 aliphatic rings. The minimum atomic E-state index is -0.166. The highest BCUT2D eigenvalue weighted by Gasteiger charge is 2.18. The summed E-state index contributed by atoms with van der Waals surface area (Å²) in [5, 5.41) is 11.9. The Labute approximate surface area is 155 Å². The van der Waals surface area contributed by atoms with Crippen molar-refractivity contribution in [3.8, 4) is 11.8 Å². The molecule has 0 fully saturated rings. The van der Waals surface area contributed by atoms with Crippen molar-refractivity contribution in [2.24, 2.45) is 5.92 Å². The highest BCUT2D eigenvalue weighted by Crippen LogP contribution is 2.24. The molecule has 0 radical (unpaired) electrons. The predicted molar refractivity (Wildman–Crippen MR) is 103 cm³/mol. The van der Waals surface area contributed by atoms with E-state index >= 15 is 0 Å². The molecule has 2 aromatic rings. The van der Waals surface area contributed by atoms with E-state index in [4.69, 9.17) is 10.00 Å². The van der Waals surface area contributed by atoms with Gasteiger partial charge in [0.2, 0.25) is 0 Å². The van der Waals surface area contributed by atoms with Crippen LogP contribution in [-0.2, 0) is 4.79 Å². The van der Waals surface area contributed by atoms with Gasteiger partial charge >= 0.3 is 0 Å². The van der Waals surface area contributed by atoms with Crippen LogP contribution in [-0.4, -0.2) is 12.5 Å². The summed E-state index contributed by atoms with van der Waals surface area (Å²) in [4.78, 5) is 12.3. The number of nitriles is 1. The number of hydrogen-bond acceptors (Lipinski definition) is 3. The van der Waals surface area contributed by atoms with E-state index in [-0.39, 0.29) is 24.5 Å². The molecular formula is C22H26N2O2. The number of nitrogens with zero attached hydrogens (tertiary/aromatic N) is 1. The first kappa shape index (κ1) is 19.5. The summed E-state index contributed by atoms with van der Waals surface area (Å²) in [6.07, 6.45) is 0. The van der Waals surface area contributed by atoms with Crippen LogP contribution in [0.25, 0.3) is 0 Å². The summed E-state index contributed by atoms with van der Waals surface area (Å²) in [7, 11) is 0. The largest absolute Gasteiger partial charge is 0.484 e. The minimum absolute atomic E-state index is 0.0564. The summed E-state index contributed by atoms with van der Waals surface area (Å²) in [5.41, 5.74) is 2.94. The molecule has 1 amide bonds. The third-order valence-corrected chi connectivity index (χ3v) is 4.30. The van der Waals surface area contributed by atoms with Gasteiger partial charge in [-0.2, -0.15) is 5.26 Å². The zero-order valence-corrected chi connectivity index (χ0v) is 15.8. The third kappa shape index (κ3) is 5.35. The number of amides is 1. The molecule has 0 aromatic heterocycles. The standard InChI is InChI=1S/C22H26N2O2/c1-15(2)18-7-9-19(10-8-18)22(16(3)4)24-21(25)14-26-20-11-5-17(13-23)6-12-20/h5-12,15-16,22H,14H2,1-4H3,(H,24,25)/t22-/m0/s1. The molecule has 4 heteroatoms. The Hall–Kier alpha value is -2.80. The topological polar surface area (TPSA) is 62.1 Å². The van der Waals surface area contributed by atoms with Gasteiger partial charge in [-0.1, -0.05) is 52.0 Å². The summed E-state index contributed by atoms with van der Waals surface area (Å²) in [5.74, 6) is 1.15. The van der Waals surface area contributed by atoms with Crippen molar-refractivity contribution >= 4 is 5.91 Å². The van der Waals surface area contributed by atoms with E-state index < -0.39 is 0 Å². The van der Waals surface area contributed by atoms with E-state index in [2.05, 4.69) is 63.3 Å². The van der Waals surface area contributed by atoms with Crippen molar-refractivity contribution in [1.29, 1.82) is 5.26 Å². The molecule has 0 spiro atoms. The number of nitrogens with one attached hydrogen (secondary N) is 1. The Kier molecular flexibility index (Phi) is 6.80. The first-order valence-corrected chi connectivity index (χ1v) is 8.93. The number of carbonyl (C=O) groups excluding carboxylic acids is 1. The number of benzene rings is 2. The van der Waals surface area contributed by atoms with Crippen LogP contribution in [0.2, 0.25) is 0 Å². The molecule has 1 N–H and O–H groups in total. The molecule has 2 aromatic carbocycles. The molecule has 2 rings (SSSR count). The summed E-state index contributed by atoms with van der Waals surface area (Å²) < 4.78 is 5.51. The van der Waals surface area contributed by atoms with Crippen LogP contribution in [0, 0.1) is 17.2 Å². The van der Waals surface area contributed by atoms with Crippen LogP contribution in [0.1, 0.15) is 56.3 Å². The molecular weight excluding hydrogens is 324 g/mol. The summed E-state index contributed by atoms with van der Waals surface area (Å²) >= 11 is 0. The Morgan fingerprint density at radius 3 is 2.08 bits per heavy atom. The van der Waals surface area contributed by atoms with E-state index in [1.54, 1.807) is 24.3 Å². The van der Waals surface area contributed by atoms with Crippen LogP contribution >= 0.6 is 0 Å². The Bertz CT molecular complexity index is 756. The fourth-order valence-electron chi connectivity index (χ4n) is 2.71. The SMILES string of the molecule is CC(C)c1ccc([C@@H](NC(=O)COc2ccc(C#N)cc2)C(C)C)cc1. The first-order valence-electron chi connectivity index (χ1n) is 8.93. The van der Waals surface area contributed by atoms with Crippen LogP contribution < -0.4 is 10.1 Å². The van der Waals surface area contributed by atoms with Crippen molar-refractivity contribution < 1.29 is 9.53 Å². The van der Waals surface area contributed by atoms with Gasteiger partial charge in [0.1, 0.15) is 5.75 Å². The van der Waals surface area contributed by atoms with E-state index in [0.717, 1.165) is 5.56 Å². The molecule has 0 saturated heterocycles. The predicted octanol–water partition coefficient (Wildman–Crippen LogP) is 4.57. The van der Waals surface area contributed by atoms with Crippen molar-refractivity contribution in [3.63, 3.8) is 0 Å². The van der Waals surface area contributed by atoms with Gasteiger partial charge in [0.05, 0.1) is 17.7 Å². The van der Waals surface area contributed by atoms with Gasteiger partial charge in [0.25, 0.3) is 5.91 Å². The Balaban J connectivity index is 1.97. The van der Waals surface area contributed by atoms with Gasteiger partial charge in [-0.05, 0) is 47.2 Å². The van der Waals surface area contributed by atoms with Crippen molar-refractivity contribution in [2.45, 2.75) is 39.7 Å². The lowest BCUT2D eigenvalue weighted by Gasteiger charge is -2.23. The Morgan fingerprint density at radius 2 is 1.58 bits per heavy atom. The number of rotatable bonds is 7. The number of ether oxygens (including phenoxy) is 1. The molecule has 136 valence electrons. The van der Waals surface area contributed by atoms with Gasteiger partial charge in [-0.15, -0.1) is 0 Å². The molecule has 0 aliphatic heterocycles. The molecule has 26 heavy (non-hydrogen) atoms. The number of hydrogen-bond donors (Lipinski definition) is 1. The van der Waals surface area contributed by atoms with Crippen molar-refractivity contribution in [2.75, 3.05) is 6.61 Å². The molecule has 4 nitrogen and oxygen atoms in total. The quantitative estimate of drug-likeness (QED) is 0.795. The van der Waals surface area contributed by atoms with Crippen LogP contribution in [0.4, 0.5) is 0 Å². The maximum atomic E-state index is 12.3. The lowest BCUT2D eigenvalue weighted by molar-refractivity contribution is -0.124. The average Bonchev–Trinajstić information content (AvgIpc) is 2.64. The minimum Gasteiger partial charge on any atom is -0.484 e. The van der Waals surface area contributed by atoms with Gasteiger partial charge in [0.15, 0.2) is 6.61 Å². The zero-order valence-electron chi connectivity index (χ0n) is 15.8. The fraction of sp³-hybridized carbons (Fsp3) is 0.364. The van der Waals surface area contributed by atoms with Crippen molar-refractivity contribution in [3.05, 3.63) is 65.2 Å². The monoisotopic (exact) mass is 350 g/mol. The van der Waals surface area contributed by atoms with E-state index in [1.165, 1.54) is 5.56 Å². The van der Waals surface area contributed by atoms with Gasteiger partial charge in [0, 0.05) is 0 Å². The molecule has 1 atom stereocenters. The highest BCUT2D eigenvalue weighted by molar-refractivity contribution is 5.78. The summed E-state index contributed by atoms with van der Waals surface area (Å²) in [6.45, 7) is 8.44. The molecule has 0 aliphatic carbocycles. The van der Waals surface area contributed by atoms with Crippen LogP contribution in [0.3, 0.4) is 0 Å². The zero-order chi connectivity index (χ0) is 19.1. The molecule has 0 saturated carbocycles. The van der Waals surface area contributed by atoms with Gasteiger partial charge < -0.3 is 10.1 Å². The second-order valence-electron chi connectivity index (χ2n) is 7.04. The summed E-state index contributed by atoms with van der Waals surface area (Å²) in [6, 6.07) is 17.1. The molecule has 0 unspecified atom stereocenters. The lowest BCUT2D eigenvalue weighted by atomic mass is 9.93. The first-order chi connectivity index (χ1) is 12.4. The van der Waals surface area contributed by atoms with Crippen molar-refractivity contribution in [1.82, 2.24) is 5.32 Å². The average molecular weight is 350 g/mol. The highest BCUT2D eigenvalue weighted by atomic mass is 16.5. The fourth-order valence-corrected chi connectivity index (χ4v) is 2.71. The van der Waals surface area contributed by atoms with E-state index in [1.807, 2.05) is 0 Å². The number of carbonyl (C=O) groups is 1. The third-order valence-electron chi connectivity index (χ3n) is 4.30. The maximum absolute atomic E-state index is 12.3. The second-order valence-corrected chi connectivity index (χ2v) is 7.04. The normalized spacial score (nSPS) is 11.9. The smallest absolute Gasteiger partial charge is 0.258 e. The lowest BCUT2D eigenvalue weighted by Crippen LogP contribution is -2.35. The van der Waals surface area contributed by atoms with Gasteiger partial charge in [-0.3, -0.25) is 4.79 Å². The van der Waals surface area contributed by atoms with Crippen LogP contribution in [0.5, 0.6) is 5.75 Å².